The third-order valence-corrected chi connectivity index (χ3v) is 24.3. The van der Waals surface area contributed by atoms with Crippen LogP contribution in [0.4, 0.5) is 8.78 Å². The Morgan fingerprint density at radius 2 is 1.14 bits per heavy atom. The summed E-state index contributed by atoms with van der Waals surface area (Å²) in [6, 6.07) is 16.1. The van der Waals surface area contributed by atoms with Gasteiger partial charge in [0.15, 0.2) is 11.6 Å². The fraction of sp³-hybridized carbons (Fsp3) is 0.308. The van der Waals surface area contributed by atoms with Crippen LogP contribution in [0.3, 0.4) is 0 Å². The molecule has 2 nitrogen and oxygen atoms in total. The summed E-state index contributed by atoms with van der Waals surface area (Å²) in [5, 5.41) is 9.82. The Hall–Kier alpha value is -2.76. The van der Waals surface area contributed by atoms with Gasteiger partial charge in [-0.05, 0) is 77.9 Å². The monoisotopic (exact) mass is 1060 g/mol. The molecule has 1 aliphatic carbocycles. The van der Waals surface area contributed by atoms with Gasteiger partial charge in [-0.3, -0.25) is 9.59 Å². The molecule has 14 heteroatoms. The van der Waals surface area contributed by atoms with E-state index in [0.29, 0.717) is 34.1 Å². The summed E-state index contributed by atoms with van der Waals surface area (Å²) < 4.78 is 35.8. The standard InChI is InChI=1S/C52H46F2O2S10/c1-5-9-12-27(7-3)23-60-51-33(53)21-39(64-51)41-29-17-19-59-47(29)42(40-22-34(54)52(65-40)61-24-28(8-4)13-10-6-2)30-20-38(63-48(30)41)35-15-16-37(62-35)50-44-43(49(66-50)36-14-11-18-58-36)45(55)31-25-57-26-32(31)46(44)56/h11,14-22,25-28H,5-10,12-13,23-24H2,1-4H3. The fourth-order valence-electron chi connectivity index (χ4n) is 8.78. The highest BCUT2D eigenvalue weighted by Crippen LogP contribution is 2.56. The van der Waals surface area contributed by atoms with Crippen LogP contribution in [-0.4, -0.2) is 23.1 Å². The fourth-order valence-corrected chi connectivity index (χ4v) is 20.3. The molecule has 10 rings (SSSR count). The second-order valence-electron chi connectivity index (χ2n) is 16.7. The first-order valence-electron chi connectivity index (χ1n) is 22.5. The van der Waals surface area contributed by atoms with Crippen molar-refractivity contribution in [2.24, 2.45) is 11.8 Å². The van der Waals surface area contributed by atoms with Crippen molar-refractivity contribution in [1.82, 2.24) is 0 Å². The minimum absolute atomic E-state index is 0.0884. The summed E-state index contributed by atoms with van der Waals surface area (Å²) in [6.45, 7) is 8.92. The first-order chi connectivity index (χ1) is 32.2. The molecule has 9 aromatic rings. The number of carbonyl (C=O) groups is 2. The lowest BCUT2D eigenvalue weighted by atomic mass is 9.86. The van der Waals surface area contributed by atoms with E-state index >= 15 is 8.78 Å². The molecule has 2 atom stereocenters. The number of hydrogen-bond donors (Lipinski definition) is 0. The minimum Gasteiger partial charge on any atom is -0.288 e. The predicted octanol–water partition coefficient (Wildman–Crippen LogP) is 20.5. The summed E-state index contributed by atoms with van der Waals surface area (Å²) in [6.07, 6.45) is 9.21. The van der Waals surface area contributed by atoms with Crippen LogP contribution in [0.5, 0.6) is 0 Å². The van der Waals surface area contributed by atoms with Crippen molar-refractivity contribution in [2.45, 2.75) is 87.5 Å². The van der Waals surface area contributed by atoms with E-state index in [1.54, 1.807) is 114 Å². The molecular weight excluding hydrogens is 1020 g/mol. The zero-order valence-electron chi connectivity index (χ0n) is 36.8. The molecule has 0 N–H and O–H groups in total. The quantitative estimate of drug-likeness (QED) is 0.0756. The lowest BCUT2D eigenvalue weighted by Crippen LogP contribution is -2.18. The van der Waals surface area contributed by atoms with Crippen LogP contribution in [0.25, 0.3) is 70.3 Å². The van der Waals surface area contributed by atoms with E-state index in [0.717, 1.165) is 129 Å². The number of ketones is 2. The molecule has 66 heavy (non-hydrogen) atoms. The Balaban J connectivity index is 1.10. The number of rotatable bonds is 19. The van der Waals surface area contributed by atoms with E-state index in [1.165, 1.54) is 35.5 Å². The van der Waals surface area contributed by atoms with Gasteiger partial charge in [-0.15, -0.1) is 103 Å². The van der Waals surface area contributed by atoms with Gasteiger partial charge in [0.1, 0.15) is 11.6 Å². The summed E-state index contributed by atoms with van der Waals surface area (Å²) >= 11 is 15.9. The van der Waals surface area contributed by atoms with Crippen LogP contribution in [0.2, 0.25) is 0 Å². The molecule has 0 saturated carbocycles. The first kappa shape index (κ1) is 46.9. The third-order valence-electron chi connectivity index (χ3n) is 12.5. The smallest absolute Gasteiger partial charge is 0.196 e. The molecular formula is C52H46F2O2S10. The number of thioether (sulfide) groups is 2. The second kappa shape index (κ2) is 20.3. The number of thiophene rings is 8. The number of carbonyl (C=O) groups excluding carboxylic acids is 2. The number of hydrogen-bond acceptors (Lipinski definition) is 12. The van der Waals surface area contributed by atoms with E-state index in [1.807, 2.05) is 17.5 Å². The summed E-state index contributed by atoms with van der Waals surface area (Å²) in [7, 11) is 0. The highest BCUT2D eigenvalue weighted by Gasteiger charge is 2.38. The van der Waals surface area contributed by atoms with Crippen molar-refractivity contribution in [3.8, 4) is 50.1 Å². The van der Waals surface area contributed by atoms with Gasteiger partial charge >= 0.3 is 0 Å². The van der Waals surface area contributed by atoms with Crippen molar-refractivity contribution in [3.63, 3.8) is 0 Å². The van der Waals surface area contributed by atoms with Crippen LogP contribution >= 0.6 is 114 Å². The zero-order valence-corrected chi connectivity index (χ0v) is 45.0. The van der Waals surface area contributed by atoms with Gasteiger partial charge in [0.2, 0.25) is 0 Å². The molecule has 8 aromatic heterocycles. The van der Waals surface area contributed by atoms with E-state index in [2.05, 4.69) is 57.3 Å². The number of halogens is 2. The van der Waals surface area contributed by atoms with Crippen LogP contribution < -0.4 is 0 Å². The summed E-state index contributed by atoms with van der Waals surface area (Å²) in [5.74, 6) is 2.39. The Bertz CT molecular complexity index is 3080. The Kier molecular flexibility index (Phi) is 14.4. The Morgan fingerprint density at radius 3 is 1.71 bits per heavy atom. The average Bonchev–Trinajstić information content (AvgIpc) is 4.16. The Morgan fingerprint density at radius 1 is 0.545 bits per heavy atom. The molecule has 0 aliphatic heterocycles. The summed E-state index contributed by atoms with van der Waals surface area (Å²) in [4.78, 5) is 35.8. The predicted molar refractivity (Wildman–Crippen MR) is 293 cm³/mol. The molecule has 1 aromatic carbocycles. The molecule has 0 bridgehead atoms. The molecule has 0 fully saturated rings. The molecule has 0 amide bonds. The lowest BCUT2D eigenvalue weighted by molar-refractivity contribution is 0.0982. The van der Waals surface area contributed by atoms with Crippen LogP contribution in [0.1, 0.15) is 111 Å². The van der Waals surface area contributed by atoms with Crippen molar-refractivity contribution in [2.75, 3.05) is 11.5 Å². The maximum atomic E-state index is 16.1. The normalized spacial score (nSPS) is 13.7. The molecule has 0 spiro atoms. The van der Waals surface area contributed by atoms with Crippen molar-refractivity contribution >= 4 is 146 Å². The van der Waals surface area contributed by atoms with E-state index in [9.17, 15) is 9.59 Å². The first-order valence-corrected chi connectivity index (χ1v) is 31.2. The average molecular weight is 1060 g/mol. The molecule has 8 heterocycles. The SMILES string of the molecule is CCCCC(CC)CSc1sc(-c2c3cc(-c4ccc(-c5sc(-c6cccs6)c6c5C(=O)c5cscc5C6=O)s4)sc3c(-c3cc(F)c(SCC(CC)CCCC)s3)c3ccsc23)cc1F. The lowest BCUT2D eigenvalue weighted by Gasteiger charge is -2.13. The largest absolute Gasteiger partial charge is 0.288 e. The molecule has 0 saturated heterocycles. The molecule has 0 radical (unpaired) electrons. The van der Waals surface area contributed by atoms with Gasteiger partial charge in [-0.1, -0.05) is 72.3 Å². The van der Waals surface area contributed by atoms with Crippen LogP contribution in [0, 0.1) is 23.5 Å². The topological polar surface area (TPSA) is 34.1 Å². The van der Waals surface area contributed by atoms with Gasteiger partial charge in [0, 0.05) is 94.0 Å². The third kappa shape index (κ3) is 8.76. The van der Waals surface area contributed by atoms with Gasteiger partial charge in [-0.25, -0.2) is 8.78 Å². The van der Waals surface area contributed by atoms with Crippen LogP contribution in [0.15, 0.2) is 78.5 Å². The van der Waals surface area contributed by atoms with Crippen molar-refractivity contribution in [1.29, 1.82) is 0 Å². The zero-order chi connectivity index (χ0) is 45.6. The highest BCUT2D eigenvalue weighted by molar-refractivity contribution is 8.01. The molecule has 1 aliphatic rings. The maximum absolute atomic E-state index is 16.1. The molecule has 340 valence electrons. The number of benzene rings is 1. The second-order valence-corrected chi connectivity index (χ2v) is 27.2. The minimum atomic E-state index is -0.166. The van der Waals surface area contributed by atoms with Gasteiger partial charge in [0.25, 0.3) is 0 Å². The van der Waals surface area contributed by atoms with E-state index in [4.69, 9.17) is 0 Å². The van der Waals surface area contributed by atoms with Crippen LogP contribution in [-0.2, 0) is 0 Å². The highest BCUT2D eigenvalue weighted by atomic mass is 32.2. The molecule has 2 unspecified atom stereocenters. The maximum Gasteiger partial charge on any atom is 0.196 e. The van der Waals surface area contributed by atoms with E-state index < -0.39 is 0 Å². The number of unbranched alkanes of at least 4 members (excludes halogenated alkanes) is 2. The van der Waals surface area contributed by atoms with Crippen molar-refractivity contribution in [3.05, 3.63) is 104 Å². The van der Waals surface area contributed by atoms with Crippen molar-refractivity contribution < 1.29 is 18.4 Å². The van der Waals surface area contributed by atoms with E-state index in [-0.39, 0.29) is 23.2 Å². The van der Waals surface area contributed by atoms with Gasteiger partial charge in [-0.2, -0.15) is 11.3 Å². The number of fused-ring (bicyclic) bond motifs is 4. The van der Waals surface area contributed by atoms with Gasteiger partial charge in [0.05, 0.1) is 29.3 Å². The van der Waals surface area contributed by atoms with Gasteiger partial charge < -0.3 is 0 Å². The Labute approximate surface area is 425 Å². The summed E-state index contributed by atoms with van der Waals surface area (Å²) in [5.41, 5.74) is 4.05.